The molecule has 1 heterocycles. The van der Waals surface area contributed by atoms with Crippen molar-refractivity contribution in [1.29, 1.82) is 0 Å². The van der Waals surface area contributed by atoms with E-state index in [1.54, 1.807) is 26.0 Å². The zero-order chi connectivity index (χ0) is 13.7. The highest BCUT2D eigenvalue weighted by atomic mass is 16.7. The maximum Gasteiger partial charge on any atom is 0.231 e. The number of fused-ring (bicyclic) bond motifs is 1. The lowest BCUT2D eigenvalue weighted by Gasteiger charge is -2.04. The summed E-state index contributed by atoms with van der Waals surface area (Å²) in [7, 11) is 0. The van der Waals surface area contributed by atoms with Crippen molar-refractivity contribution in [3.05, 3.63) is 35.9 Å². The number of allylic oxidation sites excluding steroid dienone is 2. The van der Waals surface area contributed by atoms with Crippen LogP contribution >= 0.6 is 0 Å². The summed E-state index contributed by atoms with van der Waals surface area (Å²) in [4.78, 5) is 0. The van der Waals surface area contributed by atoms with Crippen LogP contribution in [0, 0.1) is 23.7 Å². The van der Waals surface area contributed by atoms with E-state index in [1.165, 1.54) is 0 Å². The molecule has 0 saturated carbocycles. The molecule has 1 aliphatic rings. The molecule has 0 radical (unpaired) electrons. The molecule has 96 valence electrons. The van der Waals surface area contributed by atoms with Crippen LogP contribution < -0.4 is 9.47 Å². The fraction of sp³-hybridized carbons (Fsp3) is 0.250. The summed E-state index contributed by atoms with van der Waals surface area (Å²) in [6.07, 6.45) is 3.25. The van der Waals surface area contributed by atoms with Gasteiger partial charge in [-0.05, 0) is 44.2 Å². The number of rotatable bonds is 0. The summed E-state index contributed by atoms with van der Waals surface area (Å²) in [6.45, 7) is 3.52. The summed E-state index contributed by atoms with van der Waals surface area (Å²) in [6, 6.07) is 5.55. The number of hydrogen-bond donors (Lipinski definition) is 1. The lowest BCUT2D eigenvalue weighted by molar-refractivity contribution is 0.143. The van der Waals surface area contributed by atoms with Crippen LogP contribution in [0.3, 0.4) is 0 Å². The molecule has 19 heavy (non-hydrogen) atoms. The van der Waals surface area contributed by atoms with Crippen LogP contribution in [-0.2, 0) is 0 Å². The average molecular weight is 254 g/mol. The van der Waals surface area contributed by atoms with Gasteiger partial charge in [0.1, 0.15) is 5.60 Å². The molecule has 0 aliphatic carbocycles. The highest BCUT2D eigenvalue weighted by molar-refractivity contribution is 5.50. The van der Waals surface area contributed by atoms with Crippen LogP contribution in [0.2, 0.25) is 0 Å². The maximum absolute atomic E-state index is 9.37. The highest BCUT2D eigenvalue weighted by Gasteiger charge is 2.12. The van der Waals surface area contributed by atoms with E-state index in [2.05, 4.69) is 23.7 Å². The fourth-order valence-corrected chi connectivity index (χ4v) is 1.40. The Morgan fingerprint density at radius 2 is 1.89 bits per heavy atom. The predicted molar refractivity (Wildman–Crippen MR) is 72.7 cm³/mol. The Morgan fingerprint density at radius 3 is 2.68 bits per heavy atom. The Bertz CT molecular complexity index is 613. The van der Waals surface area contributed by atoms with Crippen LogP contribution in [0.4, 0.5) is 0 Å². The van der Waals surface area contributed by atoms with Gasteiger partial charge in [-0.2, -0.15) is 0 Å². The van der Waals surface area contributed by atoms with Gasteiger partial charge in [-0.3, -0.25) is 0 Å². The molecule has 0 unspecified atom stereocenters. The zero-order valence-corrected chi connectivity index (χ0v) is 10.9. The molecule has 0 saturated heterocycles. The first-order chi connectivity index (χ1) is 9.04. The smallest absolute Gasteiger partial charge is 0.231 e. The summed E-state index contributed by atoms with van der Waals surface area (Å²) in [5, 5.41) is 9.37. The molecule has 1 aliphatic heterocycles. The van der Waals surface area contributed by atoms with E-state index in [-0.39, 0.29) is 6.79 Å². The van der Waals surface area contributed by atoms with Crippen molar-refractivity contribution in [3.8, 4) is 35.2 Å². The van der Waals surface area contributed by atoms with E-state index >= 15 is 0 Å². The molecule has 2 rings (SSSR count). The van der Waals surface area contributed by atoms with Gasteiger partial charge in [-0.1, -0.05) is 23.7 Å². The summed E-state index contributed by atoms with van der Waals surface area (Å²) < 4.78 is 10.5. The van der Waals surface area contributed by atoms with Crippen molar-refractivity contribution < 1.29 is 14.6 Å². The Kier molecular flexibility index (Phi) is 3.80. The molecular formula is C16H14O3. The lowest BCUT2D eigenvalue weighted by Crippen LogP contribution is -2.14. The van der Waals surface area contributed by atoms with E-state index < -0.39 is 5.60 Å². The minimum atomic E-state index is -0.977. The van der Waals surface area contributed by atoms with E-state index in [1.807, 2.05) is 18.2 Å². The van der Waals surface area contributed by atoms with Crippen molar-refractivity contribution in [2.45, 2.75) is 19.4 Å². The second-order valence-electron chi connectivity index (χ2n) is 4.50. The Hall–Kier alpha value is -2.36. The molecule has 0 spiro atoms. The quantitative estimate of drug-likeness (QED) is 0.721. The van der Waals surface area contributed by atoms with Crippen LogP contribution in [0.5, 0.6) is 11.5 Å². The number of benzene rings is 1. The minimum absolute atomic E-state index is 0.263. The van der Waals surface area contributed by atoms with E-state index in [9.17, 15) is 5.11 Å². The van der Waals surface area contributed by atoms with Gasteiger partial charge < -0.3 is 14.6 Å². The summed E-state index contributed by atoms with van der Waals surface area (Å²) >= 11 is 0. The van der Waals surface area contributed by atoms with Gasteiger partial charge in [0.05, 0.1) is 0 Å². The third kappa shape index (κ3) is 4.10. The molecule has 0 atom stereocenters. The van der Waals surface area contributed by atoms with Crippen LogP contribution in [0.1, 0.15) is 19.4 Å². The van der Waals surface area contributed by atoms with Gasteiger partial charge in [-0.25, -0.2) is 0 Å². The molecule has 3 nitrogen and oxygen atoms in total. The van der Waals surface area contributed by atoms with Crippen molar-refractivity contribution in [3.63, 3.8) is 0 Å². The molecule has 1 aromatic rings. The van der Waals surface area contributed by atoms with Gasteiger partial charge in [0.15, 0.2) is 11.5 Å². The Labute approximate surface area is 112 Å². The molecular weight excluding hydrogens is 240 g/mol. The van der Waals surface area contributed by atoms with Gasteiger partial charge >= 0.3 is 0 Å². The van der Waals surface area contributed by atoms with Gasteiger partial charge in [0.2, 0.25) is 6.79 Å². The molecule has 0 bridgehead atoms. The Morgan fingerprint density at radius 1 is 1.16 bits per heavy atom. The molecule has 0 aromatic heterocycles. The molecule has 1 aromatic carbocycles. The molecule has 1 N–H and O–H groups in total. The van der Waals surface area contributed by atoms with Crippen molar-refractivity contribution in [2.24, 2.45) is 0 Å². The molecule has 0 fully saturated rings. The topological polar surface area (TPSA) is 38.7 Å². The third-order valence-corrected chi connectivity index (χ3v) is 2.22. The van der Waals surface area contributed by atoms with Crippen molar-refractivity contribution in [2.75, 3.05) is 6.79 Å². The first kappa shape index (κ1) is 13.1. The summed E-state index contributed by atoms with van der Waals surface area (Å²) in [5.74, 6) is 12.7. The van der Waals surface area contributed by atoms with Gasteiger partial charge in [-0.15, -0.1) is 0 Å². The maximum atomic E-state index is 9.37. The van der Waals surface area contributed by atoms with E-state index in [4.69, 9.17) is 9.47 Å². The SMILES string of the molecule is CC(C)(O)C#C/C=C\C#Cc1ccc2c(c1)OCO2. The normalized spacial score (nSPS) is 12.6. The first-order valence-corrected chi connectivity index (χ1v) is 5.86. The monoisotopic (exact) mass is 254 g/mol. The zero-order valence-electron chi connectivity index (χ0n) is 10.9. The van der Waals surface area contributed by atoms with Crippen LogP contribution in [-0.4, -0.2) is 17.5 Å². The first-order valence-electron chi connectivity index (χ1n) is 5.86. The summed E-state index contributed by atoms with van der Waals surface area (Å²) in [5.41, 5.74) is -0.126. The van der Waals surface area contributed by atoms with Crippen LogP contribution in [0.15, 0.2) is 30.4 Å². The van der Waals surface area contributed by atoms with Crippen molar-refractivity contribution in [1.82, 2.24) is 0 Å². The number of ether oxygens (including phenoxy) is 2. The lowest BCUT2D eigenvalue weighted by atomic mass is 10.1. The molecule has 0 amide bonds. The third-order valence-electron chi connectivity index (χ3n) is 2.22. The van der Waals surface area contributed by atoms with Crippen molar-refractivity contribution >= 4 is 0 Å². The largest absolute Gasteiger partial charge is 0.454 e. The van der Waals surface area contributed by atoms with E-state index in [0.29, 0.717) is 0 Å². The van der Waals surface area contributed by atoms with Gasteiger partial charge in [0, 0.05) is 5.56 Å². The second kappa shape index (κ2) is 5.52. The second-order valence-corrected chi connectivity index (χ2v) is 4.50. The Balaban J connectivity index is 2.00. The van der Waals surface area contributed by atoms with E-state index in [0.717, 1.165) is 17.1 Å². The highest BCUT2D eigenvalue weighted by Crippen LogP contribution is 2.32. The minimum Gasteiger partial charge on any atom is -0.454 e. The molecule has 3 heteroatoms. The number of hydrogen-bond acceptors (Lipinski definition) is 3. The van der Waals surface area contributed by atoms with Gasteiger partial charge in [0.25, 0.3) is 0 Å². The fourth-order valence-electron chi connectivity index (χ4n) is 1.40. The van der Waals surface area contributed by atoms with Crippen LogP contribution in [0.25, 0.3) is 0 Å². The average Bonchev–Trinajstić information content (AvgIpc) is 2.79. The standard InChI is InChI=1S/C16H14O3/c1-16(2,17)10-6-4-3-5-7-13-8-9-14-15(11-13)19-12-18-14/h3-4,8-9,11,17H,12H2,1-2H3/b4-3-. The number of aliphatic hydroxyl groups is 1. The predicted octanol–water partition coefficient (Wildman–Crippen LogP) is 2.10.